The van der Waals surface area contributed by atoms with Gasteiger partial charge in [0.15, 0.2) is 11.6 Å². The van der Waals surface area contributed by atoms with Gasteiger partial charge in [-0.1, -0.05) is 19.6 Å². The van der Waals surface area contributed by atoms with Gasteiger partial charge in [-0.2, -0.15) is 4.39 Å². The van der Waals surface area contributed by atoms with Crippen molar-refractivity contribution in [2.24, 2.45) is 17.8 Å². The lowest BCUT2D eigenvalue weighted by atomic mass is 9.68. The van der Waals surface area contributed by atoms with E-state index in [1.807, 2.05) is 0 Å². The van der Waals surface area contributed by atoms with Gasteiger partial charge < -0.3 is 4.74 Å². The molecule has 0 unspecified atom stereocenters. The molecule has 1 nitrogen and oxygen atoms in total. The number of halogens is 2. The molecule has 26 heavy (non-hydrogen) atoms. The fraction of sp³-hybridized carbons (Fsp3) is 0.652. The number of methoxy groups -OCH3 is 1. The Kier molecular flexibility index (Phi) is 7.67. The number of hydrogen-bond donors (Lipinski definition) is 0. The Balaban J connectivity index is 0.00000243. The molecular weight excluding hydrogens is 330 g/mol. The van der Waals surface area contributed by atoms with Crippen molar-refractivity contribution in [2.75, 3.05) is 7.11 Å². The highest BCUT2D eigenvalue weighted by Crippen LogP contribution is 2.45. The van der Waals surface area contributed by atoms with Gasteiger partial charge in [-0.15, -0.1) is 6.58 Å². The predicted octanol–water partition coefficient (Wildman–Crippen LogP) is 7.27. The average Bonchev–Trinajstić information content (AvgIpc) is 2.65. The van der Waals surface area contributed by atoms with E-state index < -0.39 is 11.6 Å². The van der Waals surface area contributed by atoms with Crippen LogP contribution in [0.1, 0.15) is 76.7 Å². The number of rotatable bonds is 5. The molecule has 0 atom stereocenters. The monoisotopic (exact) mass is 364 g/mol. The summed E-state index contributed by atoms with van der Waals surface area (Å²) in [6, 6.07) is 3.27. The van der Waals surface area contributed by atoms with Gasteiger partial charge in [0.05, 0.1) is 7.11 Å². The Morgan fingerprint density at radius 2 is 1.54 bits per heavy atom. The molecule has 0 radical (unpaired) electrons. The normalized spacial score (nSPS) is 28.9. The highest BCUT2D eigenvalue weighted by molar-refractivity contribution is 5.33. The standard InChI is InChI=1S/C22H30F2O.CH4/c1-3-4-15-5-7-16(8-6-15)17-9-11-18(12-10-17)19-13-14-20(25-2)22(24)21(19)23;/h3,13-18H,1,4-12H2,2H3;1H4. The van der Waals surface area contributed by atoms with Gasteiger partial charge in [0.2, 0.25) is 5.82 Å². The molecule has 0 N–H and O–H groups in total. The lowest BCUT2D eigenvalue weighted by molar-refractivity contribution is 0.160. The summed E-state index contributed by atoms with van der Waals surface area (Å²) in [5.74, 6) is 1.02. The molecule has 0 aromatic heterocycles. The molecule has 0 bridgehead atoms. The Labute approximate surface area is 157 Å². The third-order valence-corrected chi connectivity index (χ3v) is 6.57. The van der Waals surface area contributed by atoms with Crippen LogP contribution in [0.3, 0.4) is 0 Å². The first-order valence-corrected chi connectivity index (χ1v) is 9.76. The van der Waals surface area contributed by atoms with Gasteiger partial charge in [-0.25, -0.2) is 4.39 Å². The Morgan fingerprint density at radius 1 is 0.962 bits per heavy atom. The van der Waals surface area contributed by atoms with Crippen molar-refractivity contribution in [1.29, 1.82) is 0 Å². The third kappa shape index (κ3) is 4.47. The van der Waals surface area contributed by atoms with E-state index in [2.05, 4.69) is 12.7 Å². The zero-order valence-electron chi connectivity index (χ0n) is 15.3. The van der Waals surface area contributed by atoms with E-state index in [-0.39, 0.29) is 19.1 Å². The van der Waals surface area contributed by atoms with E-state index in [1.165, 1.54) is 32.8 Å². The molecule has 2 aliphatic carbocycles. The molecule has 2 saturated carbocycles. The van der Waals surface area contributed by atoms with Gasteiger partial charge in [0.25, 0.3) is 0 Å². The summed E-state index contributed by atoms with van der Waals surface area (Å²) in [5.41, 5.74) is 0.534. The minimum atomic E-state index is -0.845. The van der Waals surface area contributed by atoms with Crippen LogP contribution in [-0.2, 0) is 0 Å². The quantitative estimate of drug-likeness (QED) is 0.499. The molecule has 146 valence electrons. The maximum absolute atomic E-state index is 14.3. The lowest BCUT2D eigenvalue weighted by Gasteiger charge is -2.38. The van der Waals surface area contributed by atoms with Gasteiger partial charge in [-0.05, 0) is 93.1 Å². The van der Waals surface area contributed by atoms with E-state index >= 15 is 0 Å². The lowest BCUT2D eigenvalue weighted by Crippen LogP contribution is -2.25. The van der Waals surface area contributed by atoms with Crippen molar-refractivity contribution < 1.29 is 13.5 Å². The molecule has 3 rings (SSSR count). The van der Waals surface area contributed by atoms with Gasteiger partial charge in [0.1, 0.15) is 0 Å². The maximum atomic E-state index is 14.3. The second-order valence-electron chi connectivity index (χ2n) is 7.90. The van der Waals surface area contributed by atoms with Crippen LogP contribution in [0.2, 0.25) is 0 Å². The van der Waals surface area contributed by atoms with E-state index in [9.17, 15) is 8.78 Å². The van der Waals surface area contributed by atoms with Crippen molar-refractivity contribution in [2.45, 2.75) is 71.1 Å². The Hall–Kier alpha value is -1.38. The zero-order chi connectivity index (χ0) is 17.8. The van der Waals surface area contributed by atoms with Crippen LogP contribution < -0.4 is 4.74 Å². The highest BCUT2D eigenvalue weighted by atomic mass is 19.2. The summed E-state index contributed by atoms with van der Waals surface area (Å²) >= 11 is 0. The van der Waals surface area contributed by atoms with E-state index in [0.717, 1.165) is 49.9 Å². The Bertz CT molecular complexity index is 582. The topological polar surface area (TPSA) is 9.23 Å². The third-order valence-electron chi connectivity index (χ3n) is 6.57. The molecule has 0 saturated heterocycles. The fourth-order valence-electron chi connectivity index (χ4n) is 5.05. The molecule has 0 spiro atoms. The summed E-state index contributed by atoms with van der Waals surface area (Å²) in [5, 5.41) is 0. The summed E-state index contributed by atoms with van der Waals surface area (Å²) in [7, 11) is 1.37. The summed E-state index contributed by atoms with van der Waals surface area (Å²) in [4.78, 5) is 0. The predicted molar refractivity (Wildman–Crippen MR) is 105 cm³/mol. The Morgan fingerprint density at radius 3 is 2.08 bits per heavy atom. The average molecular weight is 365 g/mol. The van der Waals surface area contributed by atoms with Crippen molar-refractivity contribution in [3.05, 3.63) is 42.0 Å². The number of benzene rings is 1. The largest absolute Gasteiger partial charge is 0.494 e. The second kappa shape index (κ2) is 9.53. The van der Waals surface area contributed by atoms with Crippen molar-refractivity contribution in [1.82, 2.24) is 0 Å². The molecule has 1 aromatic rings. The number of allylic oxidation sites excluding steroid dienone is 1. The van der Waals surface area contributed by atoms with E-state index in [4.69, 9.17) is 4.74 Å². The number of hydrogen-bond acceptors (Lipinski definition) is 1. The van der Waals surface area contributed by atoms with Gasteiger partial charge in [0, 0.05) is 0 Å². The summed E-state index contributed by atoms with van der Waals surface area (Å²) in [6.07, 6.45) is 12.8. The summed E-state index contributed by atoms with van der Waals surface area (Å²) < 4.78 is 33.2. The van der Waals surface area contributed by atoms with E-state index in [0.29, 0.717) is 5.56 Å². The second-order valence-corrected chi connectivity index (χ2v) is 7.90. The molecule has 3 heteroatoms. The van der Waals surface area contributed by atoms with Crippen LogP contribution in [0.15, 0.2) is 24.8 Å². The molecule has 0 aliphatic heterocycles. The van der Waals surface area contributed by atoms with Gasteiger partial charge in [-0.3, -0.25) is 0 Å². The van der Waals surface area contributed by atoms with Crippen LogP contribution >= 0.6 is 0 Å². The molecule has 0 heterocycles. The minimum absolute atomic E-state index is 0. The molecule has 2 aliphatic rings. The van der Waals surface area contributed by atoms with Crippen LogP contribution in [0.4, 0.5) is 8.78 Å². The van der Waals surface area contributed by atoms with Crippen LogP contribution in [-0.4, -0.2) is 7.11 Å². The molecule has 0 amide bonds. The van der Waals surface area contributed by atoms with Crippen LogP contribution in [0.5, 0.6) is 5.75 Å². The maximum Gasteiger partial charge on any atom is 0.200 e. The van der Waals surface area contributed by atoms with Gasteiger partial charge >= 0.3 is 0 Å². The first-order valence-electron chi connectivity index (χ1n) is 9.76. The van der Waals surface area contributed by atoms with Crippen molar-refractivity contribution in [3.8, 4) is 5.75 Å². The molecular formula is C23H34F2O. The molecule has 1 aromatic carbocycles. The highest BCUT2D eigenvalue weighted by Gasteiger charge is 2.32. The minimum Gasteiger partial charge on any atom is -0.494 e. The van der Waals surface area contributed by atoms with Crippen LogP contribution in [0, 0.1) is 29.4 Å². The van der Waals surface area contributed by atoms with Crippen molar-refractivity contribution in [3.63, 3.8) is 0 Å². The number of ether oxygens (including phenoxy) is 1. The van der Waals surface area contributed by atoms with Crippen molar-refractivity contribution >= 4 is 0 Å². The first kappa shape index (κ1) is 20.9. The SMILES string of the molecule is C.C=CCC1CCC(C2CCC(c3ccc(OC)c(F)c3F)CC2)CC1. The smallest absolute Gasteiger partial charge is 0.200 e. The zero-order valence-corrected chi connectivity index (χ0v) is 15.3. The fourth-order valence-corrected chi connectivity index (χ4v) is 5.05. The summed E-state index contributed by atoms with van der Waals surface area (Å²) in [6.45, 7) is 3.86. The van der Waals surface area contributed by atoms with Crippen LogP contribution in [0.25, 0.3) is 0 Å². The van der Waals surface area contributed by atoms with E-state index in [1.54, 1.807) is 12.1 Å². The molecule has 2 fully saturated rings. The first-order chi connectivity index (χ1) is 12.1.